The first-order chi connectivity index (χ1) is 14.6. The highest BCUT2D eigenvalue weighted by atomic mass is 32.1. The van der Waals surface area contributed by atoms with E-state index in [1.807, 2.05) is 0 Å². The Kier molecular flexibility index (Phi) is 6.85. The van der Waals surface area contributed by atoms with Gasteiger partial charge in [0.2, 0.25) is 0 Å². The summed E-state index contributed by atoms with van der Waals surface area (Å²) in [7, 11) is 0. The topological polar surface area (TPSA) is 56.3 Å². The van der Waals surface area contributed by atoms with E-state index >= 15 is 0 Å². The quantitative estimate of drug-likeness (QED) is 0.490. The van der Waals surface area contributed by atoms with Crippen molar-refractivity contribution in [1.29, 1.82) is 0 Å². The van der Waals surface area contributed by atoms with Gasteiger partial charge in [0.15, 0.2) is 5.13 Å². The Morgan fingerprint density at radius 3 is 2.50 bits per heavy atom. The number of carbonyl (C=O) groups excluding carboxylic acids is 1. The Bertz CT molecular complexity index is 959. The van der Waals surface area contributed by atoms with Crippen molar-refractivity contribution in [2.24, 2.45) is 0 Å². The van der Waals surface area contributed by atoms with Gasteiger partial charge in [-0.2, -0.15) is 0 Å². The molecule has 0 atom stereocenters. The molecule has 1 fully saturated rings. The summed E-state index contributed by atoms with van der Waals surface area (Å²) in [6.07, 6.45) is 4.73. The third-order valence-corrected chi connectivity index (χ3v) is 7.83. The number of carboxylic acids is 1. The number of aryl methyl sites for hydroxylation is 1. The molecule has 0 aliphatic heterocycles. The van der Waals surface area contributed by atoms with Crippen LogP contribution in [0.3, 0.4) is 0 Å². The Morgan fingerprint density at radius 1 is 1.10 bits per heavy atom. The second kappa shape index (κ2) is 9.75. The van der Waals surface area contributed by atoms with Crippen LogP contribution in [-0.2, 0) is 11.3 Å². The van der Waals surface area contributed by atoms with Gasteiger partial charge in [0.1, 0.15) is 0 Å². The molecule has 0 N–H and O–H groups in total. The van der Waals surface area contributed by atoms with E-state index in [2.05, 4.69) is 59.7 Å². The van der Waals surface area contributed by atoms with Crippen LogP contribution in [0, 0.1) is 6.92 Å². The average molecular weight is 440 g/mol. The van der Waals surface area contributed by atoms with Gasteiger partial charge in [0.25, 0.3) is 0 Å². The molecule has 1 aliphatic rings. The smallest absolute Gasteiger partial charge is 0.185 e. The van der Waals surface area contributed by atoms with Gasteiger partial charge in [0, 0.05) is 40.0 Å². The van der Waals surface area contributed by atoms with Gasteiger partial charge in [-0.25, -0.2) is 4.98 Å². The minimum Gasteiger partial charge on any atom is -0.550 e. The van der Waals surface area contributed by atoms with Crippen molar-refractivity contribution in [3.63, 3.8) is 0 Å². The molecule has 6 heteroatoms. The molecular weight excluding hydrogens is 412 g/mol. The molecule has 1 aromatic carbocycles. The number of hydrogen-bond acceptors (Lipinski definition) is 6. The summed E-state index contributed by atoms with van der Waals surface area (Å²) in [6, 6.07) is 15.0. The van der Waals surface area contributed by atoms with Crippen LogP contribution in [0.15, 0.2) is 47.8 Å². The zero-order valence-corrected chi connectivity index (χ0v) is 18.9. The standard InChI is InChI=1S/C24H28N2O2S2/c1-17-7-12-21(30-17)15-26(14-13-23(27)28)24-25-22(16-29-24)20-10-8-19(9-11-20)18-5-3-2-4-6-18/h2-7,12,16,19-20H,8-11,13-15H2,1H3,(H,27,28)/p-1. The lowest BCUT2D eigenvalue weighted by Crippen LogP contribution is -2.30. The highest BCUT2D eigenvalue weighted by molar-refractivity contribution is 7.14. The lowest BCUT2D eigenvalue weighted by molar-refractivity contribution is -0.305. The van der Waals surface area contributed by atoms with E-state index in [-0.39, 0.29) is 6.42 Å². The zero-order chi connectivity index (χ0) is 20.9. The maximum atomic E-state index is 11.0. The number of carboxylic acid groups (broad SMARTS) is 1. The summed E-state index contributed by atoms with van der Waals surface area (Å²) in [5.41, 5.74) is 2.62. The Hall–Kier alpha value is -2.18. The lowest BCUT2D eigenvalue weighted by Gasteiger charge is -2.28. The number of anilines is 1. The van der Waals surface area contributed by atoms with Crippen molar-refractivity contribution in [2.45, 2.75) is 57.4 Å². The zero-order valence-electron chi connectivity index (χ0n) is 17.3. The maximum absolute atomic E-state index is 11.0. The molecular formula is C24H27N2O2S2-. The fourth-order valence-electron chi connectivity index (χ4n) is 4.28. The third kappa shape index (κ3) is 5.29. The molecule has 0 bridgehead atoms. The number of carbonyl (C=O) groups is 1. The fourth-order valence-corrected chi connectivity index (χ4v) is 6.12. The predicted octanol–water partition coefficient (Wildman–Crippen LogP) is 5.10. The van der Waals surface area contributed by atoms with Crippen molar-refractivity contribution in [1.82, 2.24) is 4.98 Å². The minimum atomic E-state index is -1.02. The summed E-state index contributed by atoms with van der Waals surface area (Å²) in [6.45, 7) is 3.21. The molecule has 1 aliphatic carbocycles. The van der Waals surface area contributed by atoms with Crippen molar-refractivity contribution >= 4 is 33.8 Å². The van der Waals surface area contributed by atoms with Gasteiger partial charge in [-0.15, -0.1) is 22.7 Å². The van der Waals surface area contributed by atoms with Gasteiger partial charge >= 0.3 is 0 Å². The maximum Gasteiger partial charge on any atom is 0.185 e. The Labute approximate surface area is 186 Å². The summed E-state index contributed by atoms with van der Waals surface area (Å²) in [4.78, 5) is 20.6. The average Bonchev–Trinajstić information content (AvgIpc) is 3.41. The van der Waals surface area contributed by atoms with Crippen LogP contribution in [0.1, 0.15) is 65.0 Å². The number of aliphatic carboxylic acids is 1. The lowest BCUT2D eigenvalue weighted by atomic mass is 9.78. The first-order valence-corrected chi connectivity index (χ1v) is 12.3. The second-order valence-electron chi connectivity index (χ2n) is 8.07. The molecule has 2 aromatic heterocycles. The number of benzene rings is 1. The molecule has 158 valence electrons. The van der Waals surface area contributed by atoms with Crippen LogP contribution in [-0.4, -0.2) is 17.5 Å². The van der Waals surface area contributed by atoms with Crippen molar-refractivity contribution in [2.75, 3.05) is 11.4 Å². The number of rotatable bonds is 8. The molecule has 4 rings (SSSR count). The number of hydrogen-bond donors (Lipinski definition) is 0. The van der Waals surface area contributed by atoms with Crippen LogP contribution in [0.5, 0.6) is 0 Å². The number of thiazole rings is 1. The summed E-state index contributed by atoms with van der Waals surface area (Å²) < 4.78 is 0. The highest BCUT2D eigenvalue weighted by Gasteiger charge is 2.25. The summed E-state index contributed by atoms with van der Waals surface area (Å²) in [5.74, 6) is 0.141. The van der Waals surface area contributed by atoms with E-state index in [1.165, 1.54) is 33.9 Å². The van der Waals surface area contributed by atoms with Crippen molar-refractivity contribution in [3.8, 4) is 0 Å². The van der Waals surface area contributed by atoms with E-state index in [1.54, 1.807) is 22.7 Å². The van der Waals surface area contributed by atoms with E-state index in [0.29, 0.717) is 24.9 Å². The number of aromatic nitrogens is 1. The predicted molar refractivity (Wildman–Crippen MR) is 122 cm³/mol. The Morgan fingerprint density at radius 2 is 1.83 bits per heavy atom. The first kappa shape index (κ1) is 21.1. The fraction of sp³-hybridized carbons (Fsp3) is 0.417. The van der Waals surface area contributed by atoms with E-state index in [9.17, 15) is 9.90 Å². The molecule has 4 nitrogen and oxygen atoms in total. The van der Waals surface area contributed by atoms with Crippen LogP contribution in [0.4, 0.5) is 5.13 Å². The second-order valence-corrected chi connectivity index (χ2v) is 10.3. The minimum absolute atomic E-state index is 0.0153. The molecule has 0 amide bonds. The molecule has 30 heavy (non-hydrogen) atoms. The summed E-state index contributed by atoms with van der Waals surface area (Å²) in [5, 5.41) is 14.1. The van der Waals surface area contributed by atoms with Gasteiger partial charge < -0.3 is 14.8 Å². The molecule has 2 heterocycles. The monoisotopic (exact) mass is 439 g/mol. The molecule has 0 unspecified atom stereocenters. The van der Waals surface area contributed by atoms with E-state index < -0.39 is 5.97 Å². The van der Waals surface area contributed by atoms with E-state index in [4.69, 9.17) is 4.98 Å². The molecule has 0 radical (unpaired) electrons. The number of nitrogens with zero attached hydrogens (tertiary/aromatic N) is 2. The largest absolute Gasteiger partial charge is 0.550 e. The third-order valence-electron chi connectivity index (χ3n) is 5.93. The SMILES string of the molecule is Cc1ccc(CN(CCC(=O)[O-])c2nc(C3CCC(c4ccccc4)CC3)cs2)s1. The van der Waals surface area contributed by atoms with E-state index in [0.717, 1.165) is 18.0 Å². The van der Waals surface area contributed by atoms with Crippen LogP contribution < -0.4 is 10.0 Å². The molecule has 0 saturated heterocycles. The van der Waals surface area contributed by atoms with Gasteiger partial charge in [-0.3, -0.25) is 0 Å². The highest BCUT2D eigenvalue weighted by Crippen LogP contribution is 2.41. The summed E-state index contributed by atoms with van der Waals surface area (Å²) >= 11 is 3.38. The van der Waals surface area contributed by atoms with Crippen LogP contribution >= 0.6 is 22.7 Å². The Balaban J connectivity index is 1.42. The first-order valence-electron chi connectivity index (χ1n) is 10.6. The van der Waals surface area contributed by atoms with Crippen LogP contribution in [0.2, 0.25) is 0 Å². The van der Waals surface area contributed by atoms with Gasteiger partial charge in [-0.05, 0) is 56.2 Å². The van der Waals surface area contributed by atoms with Gasteiger partial charge in [0.05, 0.1) is 12.2 Å². The normalized spacial score (nSPS) is 19.0. The van der Waals surface area contributed by atoms with Crippen molar-refractivity contribution < 1.29 is 9.90 Å². The molecule has 1 saturated carbocycles. The van der Waals surface area contributed by atoms with Gasteiger partial charge in [-0.1, -0.05) is 30.3 Å². The number of thiophene rings is 1. The molecule has 3 aromatic rings. The van der Waals surface area contributed by atoms with Crippen molar-refractivity contribution in [3.05, 3.63) is 68.9 Å². The van der Waals surface area contributed by atoms with Crippen LogP contribution in [0.25, 0.3) is 0 Å². The molecule has 0 spiro atoms.